The van der Waals surface area contributed by atoms with Crippen molar-refractivity contribution >= 4 is 23.4 Å². The van der Waals surface area contributed by atoms with Gasteiger partial charge in [0.15, 0.2) is 0 Å². The summed E-state index contributed by atoms with van der Waals surface area (Å²) in [5.41, 5.74) is 2.46. The van der Waals surface area contributed by atoms with Crippen molar-refractivity contribution in [2.45, 2.75) is 109 Å². The molecule has 0 amide bonds. The largest absolute Gasteiger partial charge is 0.301 e. The Hall–Kier alpha value is 0.260. The van der Waals surface area contributed by atoms with Gasteiger partial charge in [0, 0.05) is 36.3 Å². The van der Waals surface area contributed by atoms with E-state index in [0.717, 1.165) is 17.8 Å². The van der Waals surface area contributed by atoms with Crippen molar-refractivity contribution in [3.8, 4) is 0 Å². The van der Waals surface area contributed by atoms with Gasteiger partial charge in [0.2, 0.25) is 0 Å². The highest BCUT2D eigenvalue weighted by molar-refractivity contribution is 8.00. The van der Waals surface area contributed by atoms with Gasteiger partial charge in [-0.05, 0) is 87.0 Å². The summed E-state index contributed by atoms with van der Waals surface area (Å²) < 4.78 is 0. The lowest BCUT2D eigenvalue weighted by atomic mass is 9.64. The fraction of sp³-hybridized carbons (Fsp3) is 0.929. The van der Waals surface area contributed by atoms with Crippen molar-refractivity contribution < 1.29 is 0 Å². The fourth-order valence-electron chi connectivity index (χ4n) is 7.01. The Morgan fingerprint density at radius 3 is 2.58 bits per heavy atom. The van der Waals surface area contributed by atoms with Gasteiger partial charge in [-0.3, -0.25) is 10.6 Å². The van der Waals surface area contributed by atoms with Gasteiger partial charge in [0.25, 0.3) is 0 Å². The third kappa shape index (κ3) is 6.94. The second kappa shape index (κ2) is 11.5. The molecule has 2 aliphatic heterocycles. The van der Waals surface area contributed by atoms with Crippen molar-refractivity contribution in [2.24, 2.45) is 29.1 Å². The van der Waals surface area contributed by atoms with Crippen LogP contribution in [0.3, 0.4) is 0 Å². The molecule has 4 rings (SSSR count). The molecule has 1 saturated carbocycles. The van der Waals surface area contributed by atoms with E-state index >= 15 is 0 Å². The fourth-order valence-corrected chi connectivity index (χ4v) is 8.49. The zero-order valence-corrected chi connectivity index (χ0v) is 23.5. The summed E-state index contributed by atoms with van der Waals surface area (Å²) in [6.45, 7) is 15.9. The van der Waals surface area contributed by atoms with Crippen molar-refractivity contribution in [2.75, 3.05) is 25.4 Å². The molecule has 33 heavy (non-hydrogen) atoms. The number of halogens is 1. The lowest BCUT2D eigenvalue weighted by molar-refractivity contribution is 0.00458. The van der Waals surface area contributed by atoms with E-state index in [4.69, 9.17) is 11.6 Å². The van der Waals surface area contributed by atoms with Crippen LogP contribution in [0, 0.1) is 29.1 Å². The highest BCUT2D eigenvalue weighted by Crippen LogP contribution is 2.45. The molecule has 2 heterocycles. The van der Waals surface area contributed by atoms with E-state index < -0.39 is 0 Å². The van der Waals surface area contributed by atoms with Gasteiger partial charge in [-0.2, -0.15) is 0 Å². The number of nitrogens with zero attached hydrogens (tertiary/aromatic N) is 1. The van der Waals surface area contributed by atoms with E-state index in [1.807, 2.05) is 0 Å². The first-order valence-electron chi connectivity index (χ1n) is 13.9. The van der Waals surface area contributed by atoms with Gasteiger partial charge >= 0.3 is 0 Å². The Labute approximate surface area is 213 Å². The first-order valence-corrected chi connectivity index (χ1v) is 15.4. The zero-order chi connectivity index (χ0) is 23.6. The molecule has 2 aliphatic carbocycles. The summed E-state index contributed by atoms with van der Waals surface area (Å²) in [5, 5.41) is 8.37. The summed E-state index contributed by atoms with van der Waals surface area (Å²) in [4.78, 5) is 2.77. The van der Waals surface area contributed by atoms with Gasteiger partial charge in [0.05, 0.1) is 0 Å². The third-order valence-corrected chi connectivity index (χ3v) is 10.8. The molecule has 3 unspecified atom stereocenters. The number of piperidine rings is 1. The molecule has 0 aromatic heterocycles. The number of thioether (sulfide) groups is 1. The van der Waals surface area contributed by atoms with E-state index in [9.17, 15) is 0 Å². The number of hydrogen-bond donors (Lipinski definition) is 2. The van der Waals surface area contributed by atoms with Gasteiger partial charge in [-0.1, -0.05) is 46.3 Å². The van der Waals surface area contributed by atoms with Crippen LogP contribution in [-0.4, -0.2) is 53.2 Å². The maximum absolute atomic E-state index is 6.41. The van der Waals surface area contributed by atoms with Crippen LogP contribution >= 0.6 is 23.4 Å². The lowest BCUT2D eigenvalue weighted by Gasteiger charge is -2.49. The molecule has 3 nitrogen and oxygen atoms in total. The minimum absolute atomic E-state index is 0.388. The van der Waals surface area contributed by atoms with E-state index in [1.165, 1.54) is 76.8 Å². The number of likely N-dealkylation sites (tertiary alicyclic amines) is 1. The number of allylic oxidation sites excluding steroid dienone is 1. The topological polar surface area (TPSA) is 27.3 Å². The normalized spacial score (nSPS) is 38.9. The summed E-state index contributed by atoms with van der Waals surface area (Å²) in [6, 6.07) is 1.11. The van der Waals surface area contributed by atoms with Gasteiger partial charge < -0.3 is 4.90 Å². The summed E-state index contributed by atoms with van der Waals surface area (Å²) in [5.74, 6) is 4.48. The minimum atomic E-state index is 0.388. The Balaban J connectivity index is 1.28. The average Bonchev–Trinajstić information content (AvgIpc) is 3.23. The van der Waals surface area contributed by atoms with E-state index in [0.29, 0.717) is 34.3 Å². The van der Waals surface area contributed by atoms with Gasteiger partial charge in [-0.15, -0.1) is 23.4 Å². The van der Waals surface area contributed by atoms with Gasteiger partial charge in [-0.25, -0.2) is 0 Å². The molecule has 5 heteroatoms. The molecule has 0 aromatic carbocycles. The zero-order valence-electron chi connectivity index (χ0n) is 21.9. The SMILES string of the molecule is CC1CC=C(C2CSC(N[C@@H](CN3CC[C@H](C4CCC(Cl)CC4)C(C)(C)C3)C(C)C)N2)CC1. The third-order valence-electron chi connectivity index (χ3n) is 9.22. The van der Waals surface area contributed by atoms with Crippen LogP contribution in [0.2, 0.25) is 0 Å². The summed E-state index contributed by atoms with van der Waals surface area (Å²) >= 11 is 8.48. The molecule has 4 aliphatic rings. The van der Waals surface area contributed by atoms with E-state index in [-0.39, 0.29) is 0 Å². The predicted octanol–water partition coefficient (Wildman–Crippen LogP) is 6.48. The quantitative estimate of drug-likeness (QED) is 0.312. The molecule has 3 fully saturated rings. The maximum atomic E-state index is 6.41. The first kappa shape index (κ1) is 26.3. The molecular formula is C28H50ClN3S. The standard InChI is InChI=1S/C28H50ClN3S/c1-19(2)25(30-27-31-26(17-33-27)22-8-6-20(3)7-9-22)16-32-15-14-24(28(4,5)18-32)21-10-12-23(29)13-11-21/h8,19-21,23-27,30-31H,6-7,9-18H2,1-5H3/t20?,21?,23?,24-,25+,26?,27?/m1/s1. The number of alkyl halides is 1. The number of hydrogen-bond acceptors (Lipinski definition) is 4. The van der Waals surface area contributed by atoms with Crippen molar-refractivity contribution in [3.05, 3.63) is 11.6 Å². The van der Waals surface area contributed by atoms with Crippen LogP contribution in [0.25, 0.3) is 0 Å². The van der Waals surface area contributed by atoms with Crippen LogP contribution in [0.5, 0.6) is 0 Å². The number of rotatable bonds is 7. The molecule has 5 atom stereocenters. The van der Waals surface area contributed by atoms with Gasteiger partial charge in [0.1, 0.15) is 5.50 Å². The minimum Gasteiger partial charge on any atom is -0.301 e. The number of nitrogens with one attached hydrogen (secondary N) is 2. The maximum Gasteiger partial charge on any atom is 0.106 e. The Kier molecular flexibility index (Phi) is 9.21. The Bertz CT molecular complexity index is 658. The molecule has 0 radical (unpaired) electrons. The van der Waals surface area contributed by atoms with Crippen molar-refractivity contribution in [1.29, 1.82) is 0 Å². The second-order valence-corrected chi connectivity index (χ2v) is 14.5. The molecule has 0 bridgehead atoms. The van der Waals surface area contributed by atoms with Crippen molar-refractivity contribution in [1.82, 2.24) is 15.5 Å². The smallest absolute Gasteiger partial charge is 0.106 e. The predicted molar refractivity (Wildman–Crippen MR) is 146 cm³/mol. The van der Waals surface area contributed by atoms with Crippen LogP contribution in [0.1, 0.15) is 86.0 Å². The monoisotopic (exact) mass is 495 g/mol. The lowest BCUT2D eigenvalue weighted by Crippen LogP contribution is -2.55. The second-order valence-electron chi connectivity index (χ2n) is 12.7. The molecule has 0 aromatic rings. The van der Waals surface area contributed by atoms with Crippen LogP contribution < -0.4 is 10.6 Å². The molecule has 2 saturated heterocycles. The Morgan fingerprint density at radius 1 is 1.18 bits per heavy atom. The summed E-state index contributed by atoms with van der Waals surface area (Å²) in [6.07, 6.45) is 13.0. The Morgan fingerprint density at radius 2 is 1.94 bits per heavy atom. The van der Waals surface area contributed by atoms with Crippen LogP contribution in [0.4, 0.5) is 0 Å². The first-order chi connectivity index (χ1) is 15.7. The van der Waals surface area contributed by atoms with Crippen molar-refractivity contribution in [3.63, 3.8) is 0 Å². The summed E-state index contributed by atoms with van der Waals surface area (Å²) in [7, 11) is 0. The van der Waals surface area contributed by atoms with Crippen LogP contribution in [-0.2, 0) is 0 Å². The molecular weight excluding hydrogens is 446 g/mol. The molecule has 190 valence electrons. The highest BCUT2D eigenvalue weighted by atomic mass is 35.5. The van der Waals surface area contributed by atoms with Crippen LogP contribution in [0.15, 0.2) is 11.6 Å². The average molecular weight is 496 g/mol. The van der Waals surface area contributed by atoms with E-state index in [1.54, 1.807) is 5.57 Å². The highest BCUT2D eigenvalue weighted by Gasteiger charge is 2.41. The molecule has 2 N–H and O–H groups in total. The molecule has 0 spiro atoms. The van der Waals surface area contributed by atoms with E-state index in [2.05, 4.69) is 68.0 Å².